The first-order valence-electron chi connectivity index (χ1n) is 8.48. The lowest BCUT2D eigenvalue weighted by molar-refractivity contribution is 0.0598. The fourth-order valence-electron chi connectivity index (χ4n) is 2.78. The second kappa shape index (κ2) is 7.86. The maximum absolute atomic E-state index is 12.5. The van der Waals surface area contributed by atoms with Gasteiger partial charge in [0.05, 0.1) is 30.6 Å². The third-order valence-electron chi connectivity index (χ3n) is 4.20. The van der Waals surface area contributed by atoms with Crippen molar-refractivity contribution in [3.63, 3.8) is 0 Å². The van der Waals surface area contributed by atoms with E-state index in [0.717, 1.165) is 11.3 Å². The third-order valence-corrected chi connectivity index (χ3v) is 4.20. The number of benzene rings is 1. The Labute approximate surface area is 157 Å². The molecule has 0 fully saturated rings. The molecular weight excluding hydrogens is 344 g/mol. The number of nitrogens with zero attached hydrogens (tertiary/aromatic N) is 1. The second-order valence-electron chi connectivity index (χ2n) is 6.05. The van der Waals surface area contributed by atoms with Gasteiger partial charge in [-0.1, -0.05) is 30.3 Å². The molecule has 0 bridgehead atoms. The summed E-state index contributed by atoms with van der Waals surface area (Å²) in [6.45, 7) is 3.64. The van der Waals surface area contributed by atoms with Crippen LogP contribution in [0.5, 0.6) is 0 Å². The quantitative estimate of drug-likeness (QED) is 0.699. The van der Waals surface area contributed by atoms with Crippen molar-refractivity contribution in [2.24, 2.45) is 0 Å². The highest BCUT2D eigenvalue weighted by molar-refractivity contribution is 5.95. The Balaban J connectivity index is 1.71. The molecule has 3 rings (SSSR count). The molecule has 2 heterocycles. The van der Waals surface area contributed by atoms with Gasteiger partial charge in [-0.3, -0.25) is 9.78 Å². The molecule has 0 atom stereocenters. The van der Waals surface area contributed by atoms with E-state index in [-0.39, 0.29) is 12.5 Å². The van der Waals surface area contributed by atoms with E-state index in [0.29, 0.717) is 28.3 Å². The predicted molar refractivity (Wildman–Crippen MR) is 100 cm³/mol. The van der Waals surface area contributed by atoms with Gasteiger partial charge in [-0.25, -0.2) is 4.79 Å². The molecule has 0 aliphatic heterocycles. The van der Waals surface area contributed by atoms with E-state index in [1.807, 2.05) is 36.4 Å². The molecule has 6 heteroatoms. The van der Waals surface area contributed by atoms with Gasteiger partial charge in [0.1, 0.15) is 17.1 Å². The minimum absolute atomic E-state index is 0.163. The summed E-state index contributed by atoms with van der Waals surface area (Å²) in [6.07, 6.45) is 0. The SMILES string of the molecule is COC(=O)c1cc(CNC(=O)c2ccc(-c3ccccc3)nc2C)oc1C. The van der Waals surface area contributed by atoms with Crippen LogP contribution in [0.3, 0.4) is 0 Å². The molecule has 27 heavy (non-hydrogen) atoms. The highest BCUT2D eigenvalue weighted by Crippen LogP contribution is 2.19. The van der Waals surface area contributed by atoms with E-state index in [2.05, 4.69) is 10.3 Å². The number of rotatable bonds is 5. The Hall–Kier alpha value is -3.41. The van der Waals surface area contributed by atoms with E-state index >= 15 is 0 Å². The summed E-state index contributed by atoms with van der Waals surface area (Å²) in [4.78, 5) is 28.6. The molecule has 0 saturated carbocycles. The lowest BCUT2D eigenvalue weighted by atomic mass is 10.1. The van der Waals surface area contributed by atoms with Gasteiger partial charge in [0.2, 0.25) is 0 Å². The molecule has 3 aromatic rings. The summed E-state index contributed by atoms with van der Waals surface area (Å²) in [6, 6.07) is 14.9. The van der Waals surface area contributed by atoms with Crippen LogP contribution in [0.1, 0.15) is 37.9 Å². The maximum Gasteiger partial charge on any atom is 0.341 e. The molecule has 6 nitrogen and oxygen atoms in total. The fraction of sp³-hybridized carbons (Fsp3) is 0.190. The summed E-state index contributed by atoms with van der Waals surface area (Å²) in [5, 5.41) is 2.79. The van der Waals surface area contributed by atoms with Crippen LogP contribution in [0.4, 0.5) is 0 Å². The second-order valence-corrected chi connectivity index (χ2v) is 6.05. The van der Waals surface area contributed by atoms with E-state index in [1.165, 1.54) is 7.11 Å². The van der Waals surface area contributed by atoms with Crippen molar-refractivity contribution in [3.05, 3.63) is 76.9 Å². The van der Waals surface area contributed by atoms with Gasteiger partial charge >= 0.3 is 5.97 Å². The van der Waals surface area contributed by atoms with E-state index < -0.39 is 5.97 Å². The lowest BCUT2D eigenvalue weighted by Crippen LogP contribution is -2.23. The van der Waals surface area contributed by atoms with Crippen LogP contribution in [0.2, 0.25) is 0 Å². The van der Waals surface area contributed by atoms with Gasteiger partial charge in [0, 0.05) is 5.56 Å². The number of ether oxygens (including phenoxy) is 1. The number of furan rings is 1. The smallest absolute Gasteiger partial charge is 0.341 e. The van der Waals surface area contributed by atoms with Crippen LogP contribution in [0.15, 0.2) is 52.9 Å². The van der Waals surface area contributed by atoms with Crippen molar-refractivity contribution in [2.45, 2.75) is 20.4 Å². The Bertz CT molecular complexity index is 977. The first-order valence-corrected chi connectivity index (χ1v) is 8.48. The number of esters is 1. The number of methoxy groups -OCH3 is 1. The summed E-state index contributed by atoms with van der Waals surface area (Å²) in [5.74, 6) is 0.211. The van der Waals surface area contributed by atoms with Crippen LogP contribution in [0.25, 0.3) is 11.3 Å². The Morgan fingerprint density at radius 3 is 2.48 bits per heavy atom. The van der Waals surface area contributed by atoms with E-state index in [9.17, 15) is 9.59 Å². The van der Waals surface area contributed by atoms with E-state index in [4.69, 9.17) is 9.15 Å². The molecule has 0 spiro atoms. The number of carbonyl (C=O) groups is 2. The topological polar surface area (TPSA) is 81.4 Å². The monoisotopic (exact) mass is 364 g/mol. The molecule has 138 valence electrons. The number of hydrogen-bond acceptors (Lipinski definition) is 5. The molecule has 1 N–H and O–H groups in total. The first kappa shape index (κ1) is 18.4. The molecule has 0 radical (unpaired) electrons. The van der Waals surface area contributed by atoms with Crippen molar-refractivity contribution in [3.8, 4) is 11.3 Å². The molecule has 2 aromatic heterocycles. The normalized spacial score (nSPS) is 10.5. The van der Waals surface area contributed by atoms with Crippen LogP contribution in [-0.2, 0) is 11.3 Å². The number of aryl methyl sites for hydroxylation is 2. The summed E-state index contributed by atoms with van der Waals surface area (Å²) < 4.78 is 10.2. The number of hydrogen-bond donors (Lipinski definition) is 1. The zero-order valence-electron chi connectivity index (χ0n) is 15.4. The Morgan fingerprint density at radius 2 is 1.81 bits per heavy atom. The molecule has 1 aromatic carbocycles. The van der Waals surface area contributed by atoms with Crippen LogP contribution >= 0.6 is 0 Å². The number of pyridine rings is 1. The lowest BCUT2D eigenvalue weighted by Gasteiger charge is -2.08. The molecular formula is C21H20N2O4. The largest absolute Gasteiger partial charge is 0.465 e. The Kier molecular flexibility index (Phi) is 5.35. The van der Waals surface area contributed by atoms with Crippen molar-refractivity contribution in [1.29, 1.82) is 0 Å². The molecule has 0 saturated heterocycles. The summed E-state index contributed by atoms with van der Waals surface area (Å²) in [7, 11) is 1.31. The molecule has 0 unspecified atom stereocenters. The van der Waals surface area contributed by atoms with Crippen molar-refractivity contribution < 1.29 is 18.7 Å². The number of aromatic nitrogens is 1. The summed E-state index contributed by atoms with van der Waals surface area (Å²) in [5.41, 5.74) is 3.29. The van der Waals surface area contributed by atoms with Gasteiger partial charge in [-0.2, -0.15) is 0 Å². The third kappa shape index (κ3) is 4.06. The predicted octanol–water partition coefficient (Wildman–Crippen LogP) is 3.68. The van der Waals surface area contributed by atoms with Crippen molar-refractivity contribution >= 4 is 11.9 Å². The van der Waals surface area contributed by atoms with Gasteiger partial charge in [-0.15, -0.1) is 0 Å². The van der Waals surface area contributed by atoms with Gasteiger partial charge in [0.25, 0.3) is 5.91 Å². The minimum Gasteiger partial charge on any atom is -0.465 e. The first-order chi connectivity index (χ1) is 13.0. The van der Waals surface area contributed by atoms with Gasteiger partial charge in [-0.05, 0) is 32.0 Å². The Morgan fingerprint density at radius 1 is 1.07 bits per heavy atom. The summed E-state index contributed by atoms with van der Waals surface area (Å²) >= 11 is 0. The van der Waals surface area contributed by atoms with Gasteiger partial charge < -0.3 is 14.5 Å². The molecule has 0 aliphatic carbocycles. The standard InChI is InChI=1S/C21H20N2O4/c1-13-17(9-10-19(23-13)15-7-5-4-6-8-15)20(24)22-12-16-11-18(14(2)27-16)21(25)26-3/h4-11H,12H2,1-3H3,(H,22,24). The van der Waals surface area contributed by atoms with Crippen LogP contribution < -0.4 is 5.32 Å². The van der Waals surface area contributed by atoms with Crippen LogP contribution in [0, 0.1) is 13.8 Å². The zero-order valence-corrected chi connectivity index (χ0v) is 15.4. The van der Waals surface area contributed by atoms with Crippen molar-refractivity contribution in [1.82, 2.24) is 10.3 Å². The highest BCUT2D eigenvalue weighted by Gasteiger charge is 2.17. The zero-order chi connectivity index (χ0) is 19.4. The average molecular weight is 364 g/mol. The molecule has 1 amide bonds. The number of nitrogens with one attached hydrogen (secondary N) is 1. The number of amides is 1. The fourth-order valence-corrected chi connectivity index (χ4v) is 2.78. The maximum atomic E-state index is 12.5. The van der Waals surface area contributed by atoms with Crippen LogP contribution in [-0.4, -0.2) is 24.0 Å². The van der Waals surface area contributed by atoms with E-state index in [1.54, 1.807) is 26.0 Å². The average Bonchev–Trinajstić information content (AvgIpc) is 3.06. The van der Waals surface area contributed by atoms with Gasteiger partial charge in [0.15, 0.2) is 0 Å². The highest BCUT2D eigenvalue weighted by atomic mass is 16.5. The number of carbonyl (C=O) groups excluding carboxylic acids is 2. The van der Waals surface area contributed by atoms with Crippen molar-refractivity contribution in [2.75, 3.05) is 7.11 Å². The molecule has 0 aliphatic rings. The minimum atomic E-state index is -0.467.